The summed E-state index contributed by atoms with van der Waals surface area (Å²) in [6.07, 6.45) is 5.57. The van der Waals surface area contributed by atoms with Crippen molar-refractivity contribution in [2.75, 3.05) is 66.5 Å². The summed E-state index contributed by atoms with van der Waals surface area (Å²) in [5.41, 5.74) is 0. The van der Waals surface area contributed by atoms with Gasteiger partial charge in [-0.3, -0.25) is 4.90 Å². The van der Waals surface area contributed by atoms with Gasteiger partial charge in [-0.25, -0.2) is 0 Å². The Balaban J connectivity index is 1.57. The molecule has 2 aliphatic rings. The maximum absolute atomic E-state index is 3.41. The van der Waals surface area contributed by atoms with Gasteiger partial charge in [-0.1, -0.05) is 6.42 Å². The zero-order chi connectivity index (χ0) is 13.5. The Kier molecular flexibility index (Phi) is 6.57. The van der Waals surface area contributed by atoms with Crippen LogP contribution in [0.2, 0.25) is 0 Å². The third kappa shape index (κ3) is 5.38. The second-order valence-electron chi connectivity index (χ2n) is 6.31. The molecule has 19 heavy (non-hydrogen) atoms. The van der Waals surface area contributed by atoms with E-state index in [2.05, 4.69) is 34.1 Å². The van der Waals surface area contributed by atoms with Crippen LogP contribution in [0, 0.1) is 0 Å². The van der Waals surface area contributed by atoms with E-state index in [1.165, 1.54) is 65.0 Å². The van der Waals surface area contributed by atoms with Gasteiger partial charge in [0, 0.05) is 45.3 Å². The van der Waals surface area contributed by atoms with Crippen molar-refractivity contribution in [1.82, 2.24) is 20.0 Å². The van der Waals surface area contributed by atoms with Crippen LogP contribution in [0.5, 0.6) is 0 Å². The van der Waals surface area contributed by atoms with E-state index in [0.717, 1.165) is 19.1 Å². The van der Waals surface area contributed by atoms with E-state index >= 15 is 0 Å². The number of likely N-dealkylation sites (N-methyl/N-ethyl adjacent to an activating group) is 1. The number of piperazine rings is 1. The van der Waals surface area contributed by atoms with Crippen molar-refractivity contribution in [3.05, 3.63) is 0 Å². The van der Waals surface area contributed by atoms with Crippen LogP contribution >= 0.6 is 0 Å². The zero-order valence-corrected chi connectivity index (χ0v) is 12.9. The number of piperidine rings is 1. The van der Waals surface area contributed by atoms with Gasteiger partial charge in [-0.05, 0) is 46.4 Å². The molecular formula is C15H32N4. The molecule has 0 saturated carbocycles. The molecule has 4 nitrogen and oxygen atoms in total. The number of nitrogens with zero attached hydrogens (tertiary/aromatic N) is 3. The fourth-order valence-electron chi connectivity index (χ4n) is 3.24. The van der Waals surface area contributed by atoms with Crippen LogP contribution in [0.15, 0.2) is 0 Å². The molecule has 2 saturated heterocycles. The second kappa shape index (κ2) is 8.20. The lowest BCUT2D eigenvalue weighted by Gasteiger charge is -2.34. The van der Waals surface area contributed by atoms with Crippen LogP contribution in [0.1, 0.15) is 25.7 Å². The highest BCUT2D eigenvalue weighted by Gasteiger charge is 2.19. The van der Waals surface area contributed by atoms with Crippen molar-refractivity contribution in [3.8, 4) is 0 Å². The minimum Gasteiger partial charge on any atom is -0.314 e. The van der Waals surface area contributed by atoms with Gasteiger partial charge in [0.05, 0.1) is 0 Å². The van der Waals surface area contributed by atoms with Crippen LogP contribution in [0.4, 0.5) is 0 Å². The van der Waals surface area contributed by atoms with Gasteiger partial charge in [0.2, 0.25) is 0 Å². The van der Waals surface area contributed by atoms with E-state index in [1.807, 2.05) is 0 Å². The van der Waals surface area contributed by atoms with Crippen molar-refractivity contribution >= 4 is 0 Å². The summed E-state index contributed by atoms with van der Waals surface area (Å²) in [7, 11) is 4.58. The molecule has 112 valence electrons. The Labute approximate surface area is 119 Å². The van der Waals surface area contributed by atoms with Gasteiger partial charge in [0.15, 0.2) is 0 Å². The molecule has 0 aromatic rings. The van der Waals surface area contributed by atoms with E-state index in [-0.39, 0.29) is 0 Å². The molecule has 2 fully saturated rings. The number of hydrogen-bond donors (Lipinski definition) is 1. The molecule has 2 heterocycles. The van der Waals surface area contributed by atoms with Gasteiger partial charge in [-0.2, -0.15) is 0 Å². The molecule has 2 aliphatic heterocycles. The van der Waals surface area contributed by atoms with Crippen molar-refractivity contribution in [1.29, 1.82) is 0 Å². The van der Waals surface area contributed by atoms with Gasteiger partial charge in [0.25, 0.3) is 0 Å². The maximum atomic E-state index is 3.41. The summed E-state index contributed by atoms with van der Waals surface area (Å²) >= 11 is 0. The molecule has 1 unspecified atom stereocenters. The van der Waals surface area contributed by atoms with Crippen LogP contribution in [-0.2, 0) is 0 Å². The number of rotatable bonds is 6. The largest absolute Gasteiger partial charge is 0.314 e. The second-order valence-corrected chi connectivity index (χ2v) is 6.31. The summed E-state index contributed by atoms with van der Waals surface area (Å²) < 4.78 is 0. The van der Waals surface area contributed by atoms with Crippen LogP contribution in [-0.4, -0.2) is 87.2 Å². The number of hydrogen-bond acceptors (Lipinski definition) is 4. The quantitative estimate of drug-likeness (QED) is 0.765. The van der Waals surface area contributed by atoms with Crippen molar-refractivity contribution in [2.45, 2.75) is 31.7 Å². The maximum Gasteiger partial charge on any atom is 0.0110 e. The topological polar surface area (TPSA) is 21.8 Å². The fourth-order valence-corrected chi connectivity index (χ4v) is 3.24. The average Bonchev–Trinajstić information content (AvgIpc) is 2.45. The predicted octanol–water partition coefficient (Wildman–Crippen LogP) is 0.698. The summed E-state index contributed by atoms with van der Waals surface area (Å²) in [5, 5.41) is 3.41. The third-order valence-corrected chi connectivity index (χ3v) is 4.77. The van der Waals surface area contributed by atoms with E-state index < -0.39 is 0 Å². The highest BCUT2D eigenvalue weighted by atomic mass is 15.2. The van der Waals surface area contributed by atoms with Crippen molar-refractivity contribution in [3.63, 3.8) is 0 Å². The van der Waals surface area contributed by atoms with Crippen LogP contribution in [0.25, 0.3) is 0 Å². The molecule has 1 atom stereocenters. The fraction of sp³-hybridized carbons (Fsp3) is 1.00. The van der Waals surface area contributed by atoms with Gasteiger partial charge < -0.3 is 15.1 Å². The average molecular weight is 268 g/mol. The van der Waals surface area contributed by atoms with E-state index in [0.29, 0.717) is 0 Å². The number of likely N-dealkylation sites (tertiary alicyclic amines) is 1. The molecule has 0 aromatic heterocycles. The highest BCUT2D eigenvalue weighted by molar-refractivity contribution is 4.75. The van der Waals surface area contributed by atoms with Crippen LogP contribution < -0.4 is 5.32 Å². The summed E-state index contributed by atoms with van der Waals surface area (Å²) in [5.74, 6) is 0. The lowest BCUT2D eigenvalue weighted by atomic mass is 10.00. The molecule has 4 heteroatoms. The minimum absolute atomic E-state index is 0.829. The zero-order valence-electron chi connectivity index (χ0n) is 12.9. The molecule has 0 aliphatic carbocycles. The lowest BCUT2D eigenvalue weighted by Crippen LogP contribution is -2.46. The molecular weight excluding hydrogens is 236 g/mol. The van der Waals surface area contributed by atoms with Gasteiger partial charge >= 0.3 is 0 Å². The molecule has 0 amide bonds. The molecule has 0 radical (unpaired) electrons. The highest BCUT2D eigenvalue weighted by Crippen LogP contribution is 2.17. The Bertz CT molecular complexity index is 240. The number of nitrogens with one attached hydrogen (secondary N) is 1. The summed E-state index contributed by atoms with van der Waals surface area (Å²) in [4.78, 5) is 7.66. The van der Waals surface area contributed by atoms with Crippen LogP contribution in [0.3, 0.4) is 0 Å². The summed E-state index contributed by atoms with van der Waals surface area (Å²) in [6.45, 7) is 9.77. The Morgan fingerprint density at radius 3 is 2.63 bits per heavy atom. The standard InChI is InChI=1S/C15H32N4/c1-17(13-14-19-11-7-16-8-12-19)10-6-15-5-3-4-9-18(15)2/h15-16H,3-14H2,1-2H3. The predicted molar refractivity (Wildman–Crippen MR) is 81.7 cm³/mol. The molecule has 1 N–H and O–H groups in total. The van der Waals surface area contributed by atoms with E-state index in [4.69, 9.17) is 0 Å². The first-order chi connectivity index (χ1) is 9.25. The van der Waals surface area contributed by atoms with E-state index in [9.17, 15) is 0 Å². The third-order valence-electron chi connectivity index (χ3n) is 4.77. The lowest BCUT2D eigenvalue weighted by molar-refractivity contribution is 0.153. The monoisotopic (exact) mass is 268 g/mol. The SMILES string of the molecule is CN(CCC1CCCCN1C)CCN1CCNCC1. The van der Waals surface area contributed by atoms with Crippen molar-refractivity contribution in [2.24, 2.45) is 0 Å². The smallest absolute Gasteiger partial charge is 0.0110 e. The molecule has 0 bridgehead atoms. The van der Waals surface area contributed by atoms with Gasteiger partial charge in [-0.15, -0.1) is 0 Å². The molecule has 0 aromatic carbocycles. The Morgan fingerprint density at radius 2 is 1.89 bits per heavy atom. The first-order valence-electron chi connectivity index (χ1n) is 8.07. The molecule has 2 rings (SSSR count). The van der Waals surface area contributed by atoms with Crippen molar-refractivity contribution < 1.29 is 0 Å². The normalized spacial score (nSPS) is 27.0. The Hall–Kier alpha value is -0.160. The molecule has 0 spiro atoms. The minimum atomic E-state index is 0.829. The van der Waals surface area contributed by atoms with E-state index in [1.54, 1.807) is 0 Å². The first kappa shape index (κ1) is 15.2. The first-order valence-corrected chi connectivity index (χ1v) is 8.07. The van der Waals surface area contributed by atoms with Gasteiger partial charge in [0.1, 0.15) is 0 Å². The summed E-state index contributed by atoms with van der Waals surface area (Å²) in [6, 6.07) is 0.829. The Morgan fingerprint density at radius 1 is 1.11 bits per heavy atom.